The fourth-order valence-electron chi connectivity index (χ4n) is 2.76. The highest BCUT2D eigenvalue weighted by atomic mass is 15.1. The summed E-state index contributed by atoms with van der Waals surface area (Å²) in [6, 6.07) is 6.34. The Morgan fingerprint density at radius 2 is 1.94 bits per heavy atom. The van der Waals surface area contributed by atoms with Crippen LogP contribution < -0.4 is 10.6 Å². The van der Waals surface area contributed by atoms with Gasteiger partial charge in [-0.1, -0.05) is 19.3 Å². The molecule has 94 valence electrons. The van der Waals surface area contributed by atoms with Gasteiger partial charge < -0.3 is 10.6 Å². The summed E-state index contributed by atoms with van der Waals surface area (Å²) in [5.74, 6) is 0.881. The molecule has 0 bridgehead atoms. The van der Waals surface area contributed by atoms with Gasteiger partial charge >= 0.3 is 0 Å². The predicted molar refractivity (Wildman–Crippen MR) is 75.4 cm³/mol. The first kappa shape index (κ1) is 12.3. The molecule has 2 nitrogen and oxygen atoms in total. The Balaban J connectivity index is 1.98. The third kappa shape index (κ3) is 3.15. The van der Waals surface area contributed by atoms with Crippen molar-refractivity contribution in [3.05, 3.63) is 23.8 Å². The van der Waals surface area contributed by atoms with E-state index in [4.69, 9.17) is 5.73 Å². The van der Waals surface area contributed by atoms with E-state index in [2.05, 4.69) is 31.0 Å². The van der Waals surface area contributed by atoms with E-state index in [9.17, 15) is 0 Å². The van der Waals surface area contributed by atoms with Crippen LogP contribution in [0, 0.1) is 12.8 Å². The van der Waals surface area contributed by atoms with Gasteiger partial charge in [0.05, 0.1) is 0 Å². The Morgan fingerprint density at radius 3 is 2.59 bits per heavy atom. The molecule has 0 saturated heterocycles. The molecule has 0 spiro atoms. The zero-order valence-corrected chi connectivity index (χ0v) is 11.1. The zero-order valence-electron chi connectivity index (χ0n) is 11.1. The van der Waals surface area contributed by atoms with E-state index in [1.54, 1.807) is 0 Å². The smallest absolute Gasteiger partial charge is 0.0367 e. The lowest BCUT2D eigenvalue weighted by Crippen LogP contribution is -2.26. The molecular weight excluding hydrogens is 208 g/mol. The van der Waals surface area contributed by atoms with Crippen molar-refractivity contribution >= 4 is 11.4 Å². The SMILES string of the molecule is Cc1cc(N(C)CC2CCCCC2)ccc1N. The average molecular weight is 232 g/mol. The Bertz CT molecular complexity index is 367. The first-order chi connectivity index (χ1) is 8.16. The molecule has 0 aromatic heterocycles. The van der Waals surface area contributed by atoms with Gasteiger partial charge in [-0.05, 0) is 49.4 Å². The Kier molecular flexibility index (Phi) is 3.93. The van der Waals surface area contributed by atoms with E-state index in [-0.39, 0.29) is 0 Å². The molecule has 1 aromatic carbocycles. The van der Waals surface area contributed by atoms with Crippen LogP contribution >= 0.6 is 0 Å². The fraction of sp³-hybridized carbons (Fsp3) is 0.600. The standard InChI is InChI=1S/C15H24N2/c1-12-10-14(8-9-15(12)16)17(2)11-13-6-4-3-5-7-13/h8-10,13H,3-7,11,16H2,1-2H3. The van der Waals surface area contributed by atoms with Gasteiger partial charge in [0, 0.05) is 25.0 Å². The maximum atomic E-state index is 5.85. The molecule has 0 amide bonds. The van der Waals surface area contributed by atoms with Crippen LogP contribution in [0.3, 0.4) is 0 Å². The molecule has 0 atom stereocenters. The molecule has 1 saturated carbocycles. The molecule has 1 aliphatic carbocycles. The van der Waals surface area contributed by atoms with Crippen LogP contribution in [-0.4, -0.2) is 13.6 Å². The van der Waals surface area contributed by atoms with Gasteiger partial charge in [-0.15, -0.1) is 0 Å². The maximum Gasteiger partial charge on any atom is 0.0367 e. The fourth-order valence-corrected chi connectivity index (χ4v) is 2.76. The summed E-state index contributed by atoms with van der Waals surface area (Å²) >= 11 is 0. The number of benzene rings is 1. The largest absolute Gasteiger partial charge is 0.399 e. The van der Waals surface area contributed by atoms with Crippen LogP contribution in [0.1, 0.15) is 37.7 Å². The lowest BCUT2D eigenvalue weighted by Gasteiger charge is -2.28. The number of hydrogen-bond acceptors (Lipinski definition) is 2. The van der Waals surface area contributed by atoms with Crippen LogP contribution in [-0.2, 0) is 0 Å². The Morgan fingerprint density at radius 1 is 1.24 bits per heavy atom. The third-order valence-electron chi connectivity index (χ3n) is 3.95. The Hall–Kier alpha value is -1.18. The summed E-state index contributed by atoms with van der Waals surface area (Å²) in [6.07, 6.45) is 7.07. The van der Waals surface area contributed by atoms with Crippen LogP contribution in [0.4, 0.5) is 11.4 Å². The van der Waals surface area contributed by atoms with Crippen molar-refractivity contribution < 1.29 is 0 Å². The highest BCUT2D eigenvalue weighted by Gasteiger charge is 2.15. The van der Waals surface area contributed by atoms with Gasteiger partial charge in [0.15, 0.2) is 0 Å². The van der Waals surface area contributed by atoms with E-state index >= 15 is 0 Å². The second kappa shape index (κ2) is 5.44. The van der Waals surface area contributed by atoms with Crippen LogP contribution in [0.25, 0.3) is 0 Å². The number of anilines is 2. The van der Waals surface area contributed by atoms with Crippen LogP contribution in [0.5, 0.6) is 0 Å². The molecule has 2 rings (SSSR count). The highest BCUT2D eigenvalue weighted by molar-refractivity contribution is 5.57. The minimum Gasteiger partial charge on any atom is -0.399 e. The van der Waals surface area contributed by atoms with Gasteiger partial charge in [0.1, 0.15) is 0 Å². The quantitative estimate of drug-likeness (QED) is 0.807. The van der Waals surface area contributed by atoms with Gasteiger partial charge in [-0.3, -0.25) is 0 Å². The predicted octanol–water partition coefficient (Wildman–Crippen LogP) is 3.59. The molecule has 2 N–H and O–H groups in total. The van der Waals surface area contributed by atoms with Crippen molar-refractivity contribution in [3.8, 4) is 0 Å². The van der Waals surface area contributed by atoms with Gasteiger partial charge in [-0.25, -0.2) is 0 Å². The summed E-state index contributed by atoms with van der Waals surface area (Å²) < 4.78 is 0. The number of nitrogens with zero attached hydrogens (tertiary/aromatic N) is 1. The topological polar surface area (TPSA) is 29.3 Å². The lowest BCUT2D eigenvalue weighted by atomic mass is 9.89. The molecule has 1 aliphatic rings. The third-order valence-corrected chi connectivity index (χ3v) is 3.95. The number of hydrogen-bond donors (Lipinski definition) is 1. The van der Waals surface area contributed by atoms with Crippen molar-refractivity contribution in [3.63, 3.8) is 0 Å². The number of rotatable bonds is 3. The second-order valence-electron chi connectivity index (χ2n) is 5.43. The minimum absolute atomic E-state index is 0.881. The molecule has 0 heterocycles. The normalized spacial score (nSPS) is 17.1. The Labute approximate surface area is 105 Å². The van der Waals surface area contributed by atoms with Crippen molar-refractivity contribution in [1.29, 1.82) is 0 Å². The van der Waals surface area contributed by atoms with Gasteiger partial charge in [0.25, 0.3) is 0 Å². The van der Waals surface area contributed by atoms with E-state index < -0.39 is 0 Å². The van der Waals surface area contributed by atoms with Gasteiger partial charge in [-0.2, -0.15) is 0 Å². The number of aryl methyl sites for hydroxylation is 1. The van der Waals surface area contributed by atoms with Crippen LogP contribution in [0.15, 0.2) is 18.2 Å². The molecule has 0 aliphatic heterocycles. The molecule has 1 fully saturated rings. The molecule has 17 heavy (non-hydrogen) atoms. The first-order valence-electron chi connectivity index (χ1n) is 6.74. The molecule has 1 aromatic rings. The number of nitrogens with two attached hydrogens (primary N) is 1. The van der Waals surface area contributed by atoms with E-state index in [0.717, 1.165) is 11.6 Å². The van der Waals surface area contributed by atoms with Crippen molar-refractivity contribution in [2.45, 2.75) is 39.0 Å². The molecular formula is C15H24N2. The van der Waals surface area contributed by atoms with E-state index in [1.165, 1.54) is 49.9 Å². The van der Waals surface area contributed by atoms with E-state index in [0.29, 0.717) is 0 Å². The molecule has 0 unspecified atom stereocenters. The summed E-state index contributed by atoms with van der Waals surface area (Å²) in [5.41, 5.74) is 9.22. The highest BCUT2D eigenvalue weighted by Crippen LogP contribution is 2.26. The zero-order chi connectivity index (χ0) is 12.3. The molecule has 2 heteroatoms. The molecule has 0 radical (unpaired) electrons. The number of nitrogen functional groups attached to an aromatic ring is 1. The summed E-state index contributed by atoms with van der Waals surface area (Å²) in [5, 5.41) is 0. The summed E-state index contributed by atoms with van der Waals surface area (Å²) in [4.78, 5) is 2.38. The average Bonchev–Trinajstić information content (AvgIpc) is 2.34. The first-order valence-corrected chi connectivity index (χ1v) is 6.74. The monoisotopic (exact) mass is 232 g/mol. The van der Waals surface area contributed by atoms with Crippen molar-refractivity contribution in [2.75, 3.05) is 24.2 Å². The maximum absolute atomic E-state index is 5.85. The minimum atomic E-state index is 0.881. The van der Waals surface area contributed by atoms with Crippen molar-refractivity contribution in [1.82, 2.24) is 0 Å². The van der Waals surface area contributed by atoms with E-state index in [1.807, 2.05) is 6.07 Å². The summed E-state index contributed by atoms with van der Waals surface area (Å²) in [6.45, 7) is 3.26. The second-order valence-corrected chi connectivity index (χ2v) is 5.43. The van der Waals surface area contributed by atoms with Gasteiger partial charge in [0.2, 0.25) is 0 Å². The van der Waals surface area contributed by atoms with Crippen LogP contribution in [0.2, 0.25) is 0 Å². The lowest BCUT2D eigenvalue weighted by molar-refractivity contribution is 0.362. The summed E-state index contributed by atoms with van der Waals surface area (Å²) in [7, 11) is 2.19. The van der Waals surface area contributed by atoms with Crippen molar-refractivity contribution in [2.24, 2.45) is 5.92 Å².